The van der Waals surface area contributed by atoms with Gasteiger partial charge in [-0.15, -0.1) is 0 Å². The monoisotopic (exact) mass is 257 g/mol. The number of imide groups is 1. The third-order valence-corrected chi connectivity index (χ3v) is 2.60. The highest BCUT2D eigenvalue weighted by atomic mass is 19.1. The lowest BCUT2D eigenvalue weighted by molar-refractivity contribution is -0.125. The predicted octanol–water partition coefficient (Wildman–Crippen LogP) is 2.65. The molecule has 2 aromatic rings. The van der Waals surface area contributed by atoms with E-state index in [2.05, 4.69) is 0 Å². The van der Waals surface area contributed by atoms with Gasteiger partial charge in [0.1, 0.15) is 0 Å². The van der Waals surface area contributed by atoms with Crippen LogP contribution in [0.3, 0.4) is 0 Å². The molecule has 0 saturated heterocycles. The zero-order valence-corrected chi connectivity index (χ0v) is 10.0. The van der Waals surface area contributed by atoms with Crippen LogP contribution >= 0.6 is 0 Å². The molecule has 0 fully saturated rings. The molecule has 96 valence electrons. The van der Waals surface area contributed by atoms with Crippen LogP contribution in [0.5, 0.6) is 0 Å². The van der Waals surface area contributed by atoms with Gasteiger partial charge < -0.3 is 0 Å². The molecule has 0 aromatic heterocycles. The highest BCUT2D eigenvalue weighted by Gasteiger charge is 2.21. The van der Waals surface area contributed by atoms with Crippen LogP contribution in [-0.4, -0.2) is 11.8 Å². The minimum absolute atomic E-state index is 0.223. The molecule has 0 heterocycles. The van der Waals surface area contributed by atoms with Gasteiger partial charge in [0.2, 0.25) is 6.17 Å². The summed E-state index contributed by atoms with van der Waals surface area (Å²) >= 11 is 0. The van der Waals surface area contributed by atoms with Gasteiger partial charge in [0, 0.05) is 5.56 Å². The van der Waals surface area contributed by atoms with Gasteiger partial charge in [-0.3, -0.25) is 14.9 Å². The van der Waals surface area contributed by atoms with E-state index in [9.17, 15) is 14.0 Å². The van der Waals surface area contributed by atoms with Crippen molar-refractivity contribution < 1.29 is 14.0 Å². The molecule has 0 radical (unpaired) electrons. The van der Waals surface area contributed by atoms with Gasteiger partial charge in [0.15, 0.2) is 0 Å². The number of alkyl halides is 1. The molecule has 1 atom stereocenters. The third kappa shape index (κ3) is 3.25. The van der Waals surface area contributed by atoms with Crippen molar-refractivity contribution in [3.8, 4) is 0 Å². The summed E-state index contributed by atoms with van der Waals surface area (Å²) in [6.07, 6.45) is -1.85. The van der Waals surface area contributed by atoms with Gasteiger partial charge in [-0.25, -0.2) is 4.39 Å². The van der Waals surface area contributed by atoms with Crippen molar-refractivity contribution in [2.45, 2.75) is 6.17 Å². The van der Waals surface area contributed by atoms with E-state index in [4.69, 9.17) is 0 Å². The van der Waals surface area contributed by atoms with Crippen molar-refractivity contribution in [3.05, 3.63) is 71.8 Å². The Hall–Kier alpha value is -2.49. The molecule has 0 aliphatic heterocycles. The minimum atomic E-state index is -1.85. The standard InChI is InChI=1S/C15H12FNO2/c16-13(11-7-3-1-4-8-11)15(19)17-14(18)12-9-5-2-6-10-12/h1-10,13H,(H,17,18,19)/t13-/m0/s1. The largest absolute Gasteiger partial charge is 0.289 e. The second-order valence-corrected chi connectivity index (χ2v) is 3.96. The normalized spacial score (nSPS) is 11.6. The fourth-order valence-corrected chi connectivity index (χ4v) is 1.61. The number of hydrogen-bond acceptors (Lipinski definition) is 2. The van der Waals surface area contributed by atoms with E-state index in [0.29, 0.717) is 5.56 Å². The second-order valence-electron chi connectivity index (χ2n) is 3.96. The number of hydrogen-bond donors (Lipinski definition) is 1. The highest BCUT2D eigenvalue weighted by molar-refractivity contribution is 6.05. The molecule has 0 saturated carbocycles. The zero-order chi connectivity index (χ0) is 13.7. The van der Waals surface area contributed by atoms with Crippen molar-refractivity contribution in [3.63, 3.8) is 0 Å². The first kappa shape index (κ1) is 13.0. The first-order valence-electron chi connectivity index (χ1n) is 5.78. The van der Waals surface area contributed by atoms with Crippen LogP contribution in [0.2, 0.25) is 0 Å². The fraction of sp³-hybridized carbons (Fsp3) is 0.0667. The molecule has 19 heavy (non-hydrogen) atoms. The number of halogens is 1. The second kappa shape index (κ2) is 5.91. The van der Waals surface area contributed by atoms with E-state index >= 15 is 0 Å². The zero-order valence-electron chi connectivity index (χ0n) is 10.0. The summed E-state index contributed by atoms with van der Waals surface area (Å²) in [6.45, 7) is 0. The maximum Gasteiger partial charge on any atom is 0.266 e. The number of benzene rings is 2. The minimum Gasteiger partial charge on any atom is -0.289 e. The quantitative estimate of drug-likeness (QED) is 0.918. The molecule has 2 amide bonds. The van der Waals surface area contributed by atoms with Crippen molar-refractivity contribution in [2.75, 3.05) is 0 Å². The molecule has 0 bridgehead atoms. The van der Waals surface area contributed by atoms with Crippen LogP contribution in [0, 0.1) is 0 Å². The average Bonchev–Trinajstić information content (AvgIpc) is 2.48. The van der Waals surface area contributed by atoms with Crippen LogP contribution in [0.1, 0.15) is 22.1 Å². The highest BCUT2D eigenvalue weighted by Crippen LogP contribution is 2.16. The van der Waals surface area contributed by atoms with Crippen molar-refractivity contribution in [2.24, 2.45) is 0 Å². The Morgan fingerprint density at radius 3 is 2.00 bits per heavy atom. The molecule has 0 aliphatic rings. The maximum absolute atomic E-state index is 13.8. The first-order chi connectivity index (χ1) is 9.18. The van der Waals surface area contributed by atoms with Crippen LogP contribution < -0.4 is 5.32 Å². The van der Waals surface area contributed by atoms with Crippen LogP contribution in [0.4, 0.5) is 4.39 Å². The number of nitrogens with one attached hydrogen (secondary N) is 1. The maximum atomic E-state index is 13.8. The summed E-state index contributed by atoms with van der Waals surface area (Å²) in [5.74, 6) is -1.57. The summed E-state index contributed by atoms with van der Waals surface area (Å²) in [5, 5.41) is 2.04. The van der Waals surface area contributed by atoms with E-state index in [1.807, 2.05) is 5.32 Å². The molecule has 0 unspecified atom stereocenters. The van der Waals surface area contributed by atoms with Gasteiger partial charge in [-0.2, -0.15) is 0 Å². The molecule has 0 aliphatic carbocycles. The Balaban J connectivity index is 2.04. The lowest BCUT2D eigenvalue weighted by Gasteiger charge is -2.08. The number of carbonyl (C=O) groups excluding carboxylic acids is 2. The molecule has 2 rings (SSSR count). The topological polar surface area (TPSA) is 46.2 Å². The summed E-state index contributed by atoms with van der Waals surface area (Å²) in [7, 11) is 0. The Kier molecular flexibility index (Phi) is 4.03. The van der Waals surface area contributed by atoms with Crippen molar-refractivity contribution in [1.29, 1.82) is 0 Å². The predicted molar refractivity (Wildman–Crippen MR) is 69.2 cm³/mol. The van der Waals surface area contributed by atoms with Crippen LogP contribution in [0.25, 0.3) is 0 Å². The number of carbonyl (C=O) groups is 2. The number of amides is 2. The summed E-state index contributed by atoms with van der Waals surface area (Å²) in [6, 6.07) is 16.2. The third-order valence-electron chi connectivity index (χ3n) is 2.60. The Morgan fingerprint density at radius 2 is 1.42 bits per heavy atom. The van der Waals surface area contributed by atoms with Gasteiger partial charge in [-0.05, 0) is 17.7 Å². The lowest BCUT2D eigenvalue weighted by Crippen LogP contribution is -2.33. The Labute approximate surface area is 110 Å². The molecule has 3 nitrogen and oxygen atoms in total. The van der Waals surface area contributed by atoms with E-state index in [1.165, 1.54) is 12.1 Å². The van der Waals surface area contributed by atoms with Gasteiger partial charge in [0.05, 0.1) is 0 Å². The Morgan fingerprint density at radius 1 is 0.895 bits per heavy atom. The molecule has 2 aromatic carbocycles. The van der Waals surface area contributed by atoms with Crippen LogP contribution in [0.15, 0.2) is 60.7 Å². The summed E-state index contributed by atoms with van der Waals surface area (Å²) in [5.41, 5.74) is 0.539. The van der Waals surface area contributed by atoms with Gasteiger partial charge in [-0.1, -0.05) is 48.5 Å². The summed E-state index contributed by atoms with van der Waals surface area (Å²) < 4.78 is 13.8. The first-order valence-corrected chi connectivity index (χ1v) is 5.78. The van der Waals surface area contributed by atoms with E-state index in [-0.39, 0.29) is 5.56 Å². The Bertz CT molecular complexity index is 569. The summed E-state index contributed by atoms with van der Waals surface area (Å²) in [4.78, 5) is 23.3. The average molecular weight is 257 g/mol. The van der Waals surface area contributed by atoms with E-state index < -0.39 is 18.0 Å². The lowest BCUT2D eigenvalue weighted by atomic mass is 10.1. The smallest absolute Gasteiger partial charge is 0.266 e. The van der Waals surface area contributed by atoms with Crippen molar-refractivity contribution >= 4 is 11.8 Å². The van der Waals surface area contributed by atoms with E-state index in [1.54, 1.807) is 48.5 Å². The molecular weight excluding hydrogens is 245 g/mol. The molecule has 0 spiro atoms. The van der Waals surface area contributed by atoms with Gasteiger partial charge >= 0.3 is 0 Å². The van der Waals surface area contributed by atoms with E-state index in [0.717, 1.165) is 0 Å². The molecular formula is C15H12FNO2. The van der Waals surface area contributed by atoms with Crippen LogP contribution in [-0.2, 0) is 4.79 Å². The van der Waals surface area contributed by atoms with Gasteiger partial charge in [0.25, 0.3) is 11.8 Å². The van der Waals surface area contributed by atoms with Crippen molar-refractivity contribution in [1.82, 2.24) is 5.32 Å². The number of rotatable bonds is 3. The molecule has 1 N–H and O–H groups in total. The fourth-order valence-electron chi connectivity index (χ4n) is 1.61. The SMILES string of the molecule is O=C(NC(=O)[C@@H](F)c1ccccc1)c1ccccc1. The molecule has 4 heteroatoms.